The van der Waals surface area contributed by atoms with Crippen LogP contribution < -0.4 is 21.2 Å². The fourth-order valence-corrected chi connectivity index (χ4v) is 2.94. The zero-order valence-electron chi connectivity index (χ0n) is 14.4. The molecule has 2 aromatic rings. The van der Waals surface area contributed by atoms with Gasteiger partial charge in [-0.15, -0.1) is 0 Å². The van der Waals surface area contributed by atoms with E-state index in [1.165, 1.54) is 12.1 Å². The molecule has 0 bridgehead atoms. The minimum Gasteiger partial charge on any atom is -0.490 e. The van der Waals surface area contributed by atoms with E-state index in [2.05, 4.69) is 5.32 Å². The standard InChI is InChI=1S/C19H18FN3O4/c20-15-8-11(18(21)22)2-5-14(15)19(26)23-12-3-6-16-10(7-12)1-4-13(27-16)9-17(24)25/h2-3,5-8,13H,1,4,9H2,(H3,21,22)(H,23,26)(H,24,25)/p+1. The lowest BCUT2D eigenvalue weighted by atomic mass is 10.00. The average Bonchev–Trinajstić information content (AvgIpc) is 2.61. The van der Waals surface area contributed by atoms with Gasteiger partial charge in [-0.2, -0.15) is 0 Å². The predicted octanol–water partition coefficient (Wildman–Crippen LogP) is 0.711. The summed E-state index contributed by atoms with van der Waals surface area (Å²) in [4.78, 5) is 23.1. The molecular formula is C19H19FN3O4+. The van der Waals surface area contributed by atoms with Crippen molar-refractivity contribution in [3.05, 3.63) is 58.9 Å². The Morgan fingerprint density at radius 2 is 2.07 bits per heavy atom. The number of amides is 1. The van der Waals surface area contributed by atoms with Gasteiger partial charge in [0.2, 0.25) is 0 Å². The molecule has 0 saturated heterocycles. The van der Waals surface area contributed by atoms with Crippen molar-refractivity contribution in [1.29, 1.82) is 0 Å². The van der Waals surface area contributed by atoms with Gasteiger partial charge in [0.1, 0.15) is 17.7 Å². The topological polar surface area (TPSA) is 127 Å². The van der Waals surface area contributed by atoms with Crippen molar-refractivity contribution in [3.8, 4) is 5.75 Å². The fourth-order valence-electron chi connectivity index (χ4n) is 2.94. The van der Waals surface area contributed by atoms with Crippen molar-refractivity contribution in [1.82, 2.24) is 0 Å². The smallest absolute Gasteiger partial charge is 0.307 e. The van der Waals surface area contributed by atoms with E-state index in [9.17, 15) is 14.0 Å². The van der Waals surface area contributed by atoms with E-state index in [4.69, 9.17) is 21.0 Å². The number of fused-ring (bicyclic) bond motifs is 1. The first kappa shape index (κ1) is 18.4. The minimum absolute atomic E-state index is 0.0308. The first-order valence-electron chi connectivity index (χ1n) is 8.34. The number of halogens is 1. The monoisotopic (exact) mass is 372 g/mol. The van der Waals surface area contributed by atoms with Crippen LogP contribution in [0.15, 0.2) is 36.4 Å². The SMILES string of the molecule is NC(=[NH2+])c1ccc(C(=O)Nc2ccc3c(c2)CCC(CC(=O)O)O3)c(F)c1. The molecule has 1 amide bonds. The molecule has 0 spiro atoms. The summed E-state index contributed by atoms with van der Waals surface area (Å²) < 4.78 is 19.8. The van der Waals surface area contributed by atoms with Crippen LogP contribution in [0.25, 0.3) is 0 Å². The van der Waals surface area contributed by atoms with E-state index in [0.717, 1.165) is 11.6 Å². The first-order valence-corrected chi connectivity index (χ1v) is 8.34. The lowest BCUT2D eigenvalue weighted by Crippen LogP contribution is -2.46. The molecule has 140 valence electrons. The lowest BCUT2D eigenvalue weighted by molar-refractivity contribution is -0.139. The highest BCUT2D eigenvalue weighted by Gasteiger charge is 2.23. The van der Waals surface area contributed by atoms with E-state index < -0.39 is 17.7 Å². The maximum atomic E-state index is 14.1. The van der Waals surface area contributed by atoms with Gasteiger partial charge in [-0.3, -0.25) is 20.7 Å². The van der Waals surface area contributed by atoms with Gasteiger partial charge in [0, 0.05) is 5.69 Å². The molecule has 6 N–H and O–H groups in total. The molecule has 1 aliphatic rings. The van der Waals surface area contributed by atoms with Crippen LogP contribution in [-0.2, 0) is 11.2 Å². The number of carbonyl (C=O) groups excluding carboxylic acids is 1. The van der Waals surface area contributed by atoms with Crippen LogP contribution in [0.4, 0.5) is 10.1 Å². The summed E-state index contributed by atoms with van der Waals surface area (Å²) in [5, 5.41) is 16.9. The molecule has 0 aromatic heterocycles. The Morgan fingerprint density at radius 1 is 1.30 bits per heavy atom. The molecular weight excluding hydrogens is 353 g/mol. The van der Waals surface area contributed by atoms with E-state index in [0.29, 0.717) is 29.8 Å². The Kier molecular flexibility index (Phi) is 5.07. The van der Waals surface area contributed by atoms with Gasteiger partial charge in [-0.05, 0) is 54.8 Å². The lowest BCUT2D eigenvalue weighted by Gasteiger charge is -2.25. The summed E-state index contributed by atoms with van der Waals surface area (Å²) in [6.45, 7) is 0. The third-order valence-corrected chi connectivity index (χ3v) is 4.30. The van der Waals surface area contributed by atoms with Crippen molar-refractivity contribution in [2.45, 2.75) is 25.4 Å². The third kappa shape index (κ3) is 4.22. The number of aliphatic carboxylic acids is 1. The van der Waals surface area contributed by atoms with Crippen molar-refractivity contribution in [2.24, 2.45) is 5.73 Å². The number of carboxylic acids is 1. The molecule has 1 atom stereocenters. The molecule has 1 aliphatic heterocycles. The number of nitrogens with two attached hydrogens (primary N) is 2. The van der Waals surface area contributed by atoms with E-state index in [1.807, 2.05) is 0 Å². The van der Waals surface area contributed by atoms with Crippen LogP contribution in [0.2, 0.25) is 0 Å². The van der Waals surface area contributed by atoms with Crippen molar-refractivity contribution < 1.29 is 29.2 Å². The predicted molar refractivity (Wildman–Crippen MR) is 96.0 cm³/mol. The summed E-state index contributed by atoms with van der Waals surface area (Å²) in [5.74, 6) is -1.67. The minimum atomic E-state index is -0.908. The van der Waals surface area contributed by atoms with Crippen LogP contribution in [0.5, 0.6) is 5.75 Å². The van der Waals surface area contributed by atoms with Gasteiger partial charge < -0.3 is 15.2 Å². The molecule has 7 nitrogen and oxygen atoms in total. The Balaban J connectivity index is 1.73. The van der Waals surface area contributed by atoms with Crippen LogP contribution in [0.3, 0.4) is 0 Å². The molecule has 0 radical (unpaired) electrons. The zero-order valence-corrected chi connectivity index (χ0v) is 14.4. The number of hydrogen-bond donors (Lipinski definition) is 4. The first-order chi connectivity index (χ1) is 12.8. The fraction of sp³-hybridized carbons (Fsp3) is 0.211. The second kappa shape index (κ2) is 7.45. The molecule has 27 heavy (non-hydrogen) atoms. The number of ether oxygens (including phenoxy) is 1. The Bertz CT molecular complexity index is 929. The zero-order chi connectivity index (χ0) is 19.6. The second-order valence-electron chi connectivity index (χ2n) is 6.30. The molecule has 8 heteroatoms. The number of amidine groups is 1. The number of carboxylic acid groups (broad SMARTS) is 1. The molecule has 0 aliphatic carbocycles. The molecule has 3 rings (SSSR count). The number of hydrogen-bond acceptors (Lipinski definition) is 3. The largest absolute Gasteiger partial charge is 0.490 e. The van der Waals surface area contributed by atoms with Gasteiger partial charge in [0.15, 0.2) is 0 Å². The number of aryl methyl sites for hydroxylation is 1. The highest BCUT2D eigenvalue weighted by molar-refractivity contribution is 6.05. The number of benzene rings is 2. The number of rotatable bonds is 5. The number of anilines is 1. The van der Waals surface area contributed by atoms with Crippen molar-refractivity contribution >= 4 is 23.4 Å². The van der Waals surface area contributed by atoms with Crippen molar-refractivity contribution in [3.63, 3.8) is 0 Å². The molecule has 0 saturated carbocycles. The maximum absolute atomic E-state index is 14.1. The van der Waals surface area contributed by atoms with Crippen LogP contribution in [-0.4, -0.2) is 28.9 Å². The Morgan fingerprint density at radius 3 is 2.74 bits per heavy atom. The molecule has 0 fully saturated rings. The van der Waals surface area contributed by atoms with Crippen molar-refractivity contribution in [2.75, 3.05) is 5.32 Å². The van der Waals surface area contributed by atoms with Gasteiger partial charge >= 0.3 is 5.97 Å². The number of nitrogens with one attached hydrogen (secondary N) is 1. The van der Waals surface area contributed by atoms with Crippen LogP contribution in [0, 0.1) is 5.82 Å². The molecule has 2 aromatic carbocycles. The summed E-state index contributed by atoms with van der Waals surface area (Å²) in [6.07, 6.45) is 0.780. The van der Waals surface area contributed by atoms with Crippen LogP contribution >= 0.6 is 0 Å². The second-order valence-corrected chi connectivity index (χ2v) is 6.30. The Labute approximate surface area is 154 Å². The summed E-state index contributed by atoms with van der Waals surface area (Å²) in [6, 6.07) is 8.92. The quantitative estimate of drug-likeness (QED) is 0.454. The highest BCUT2D eigenvalue weighted by atomic mass is 19.1. The van der Waals surface area contributed by atoms with Gasteiger partial charge in [0.25, 0.3) is 11.7 Å². The highest BCUT2D eigenvalue weighted by Crippen LogP contribution is 2.31. The molecule has 1 unspecified atom stereocenters. The van der Waals surface area contributed by atoms with E-state index in [-0.39, 0.29) is 23.9 Å². The van der Waals surface area contributed by atoms with Crippen LogP contribution in [0.1, 0.15) is 34.3 Å². The van der Waals surface area contributed by atoms with Gasteiger partial charge in [-0.25, -0.2) is 4.39 Å². The maximum Gasteiger partial charge on any atom is 0.307 e. The van der Waals surface area contributed by atoms with Gasteiger partial charge in [-0.1, -0.05) is 0 Å². The number of carbonyl (C=O) groups is 2. The van der Waals surface area contributed by atoms with Gasteiger partial charge in [0.05, 0.1) is 17.5 Å². The van der Waals surface area contributed by atoms with E-state index in [1.54, 1.807) is 18.2 Å². The summed E-state index contributed by atoms with van der Waals surface area (Å²) in [5.41, 5.74) is 6.95. The summed E-state index contributed by atoms with van der Waals surface area (Å²) in [7, 11) is 0. The summed E-state index contributed by atoms with van der Waals surface area (Å²) >= 11 is 0. The Hall–Kier alpha value is -3.42. The third-order valence-electron chi connectivity index (χ3n) is 4.30. The average molecular weight is 372 g/mol. The van der Waals surface area contributed by atoms with E-state index >= 15 is 0 Å². The molecule has 1 heterocycles. The normalized spacial score (nSPS) is 15.4.